The number of ether oxygens (including phenoxy) is 1. The summed E-state index contributed by atoms with van der Waals surface area (Å²) in [5, 5.41) is 0. The van der Waals surface area contributed by atoms with Crippen molar-refractivity contribution in [2.75, 3.05) is 7.11 Å². The lowest BCUT2D eigenvalue weighted by atomic mass is 9.99. The predicted molar refractivity (Wildman–Crippen MR) is 62.5 cm³/mol. The van der Waals surface area contributed by atoms with E-state index in [0.29, 0.717) is 0 Å². The minimum atomic E-state index is -0.214. The molecule has 3 heteroatoms. The molecule has 16 heavy (non-hydrogen) atoms. The highest BCUT2D eigenvalue weighted by atomic mass is 16.5. The van der Waals surface area contributed by atoms with E-state index in [1.54, 1.807) is 19.6 Å². The van der Waals surface area contributed by atoms with Crippen LogP contribution in [0.3, 0.4) is 0 Å². The molecule has 1 aromatic heterocycles. The molecule has 0 saturated heterocycles. The molecule has 2 rings (SSSR count). The van der Waals surface area contributed by atoms with Gasteiger partial charge in [-0.25, -0.2) is 0 Å². The first-order valence-electron chi connectivity index (χ1n) is 5.14. The van der Waals surface area contributed by atoms with Crippen LogP contribution in [0.4, 0.5) is 0 Å². The van der Waals surface area contributed by atoms with Gasteiger partial charge < -0.3 is 14.9 Å². The Balaban J connectivity index is 2.42. The first kappa shape index (κ1) is 10.8. The van der Waals surface area contributed by atoms with Gasteiger partial charge in [0.15, 0.2) is 0 Å². The molecular formula is C13H15NO2. The van der Waals surface area contributed by atoms with E-state index in [0.717, 1.165) is 22.4 Å². The number of hydrogen-bond acceptors (Lipinski definition) is 3. The van der Waals surface area contributed by atoms with Gasteiger partial charge in [0.05, 0.1) is 25.7 Å². The molecule has 0 fully saturated rings. The van der Waals surface area contributed by atoms with Crippen molar-refractivity contribution in [3.63, 3.8) is 0 Å². The van der Waals surface area contributed by atoms with E-state index in [4.69, 9.17) is 14.9 Å². The molecule has 2 N–H and O–H groups in total. The Labute approximate surface area is 94.8 Å². The number of rotatable bonds is 3. The fourth-order valence-corrected chi connectivity index (χ4v) is 1.73. The number of furan rings is 1. The van der Waals surface area contributed by atoms with Crippen LogP contribution in [-0.2, 0) is 0 Å². The zero-order valence-corrected chi connectivity index (χ0v) is 9.44. The SMILES string of the molecule is COc1ccc(C)cc1C(N)c1ccoc1. The van der Waals surface area contributed by atoms with Crippen LogP contribution in [0.5, 0.6) is 5.75 Å². The molecule has 0 bridgehead atoms. The average Bonchev–Trinajstić information content (AvgIpc) is 2.81. The third kappa shape index (κ3) is 1.95. The van der Waals surface area contributed by atoms with E-state index >= 15 is 0 Å². The van der Waals surface area contributed by atoms with Gasteiger partial charge in [0.2, 0.25) is 0 Å². The summed E-state index contributed by atoms with van der Waals surface area (Å²) in [6.07, 6.45) is 3.28. The van der Waals surface area contributed by atoms with E-state index in [9.17, 15) is 0 Å². The van der Waals surface area contributed by atoms with Gasteiger partial charge in [-0.15, -0.1) is 0 Å². The number of hydrogen-bond donors (Lipinski definition) is 1. The fourth-order valence-electron chi connectivity index (χ4n) is 1.73. The number of methoxy groups -OCH3 is 1. The van der Waals surface area contributed by atoms with Gasteiger partial charge in [0.25, 0.3) is 0 Å². The summed E-state index contributed by atoms with van der Waals surface area (Å²) in [6, 6.07) is 7.63. The lowest BCUT2D eigenvalue weighted by molar-refractivity contribution is 0.407. The first-order chi connectivity index (χ1) is 7.72. The fraction of sp³-hybridized carbons (Fsp3) is 0.231. The van der Waals surface area contributed by atoms with Crippen LogP contribution >= 0.6 is 0 Å². The van der Waals surface area contributed by atoms with Crippen molar-refractivity contribution in [1.82, 2.24) is 0 Å². The molecule has 0 amide bonds. The Morgan fingerprint density at radius 2 is 2.12 bits per heavy atom. The minimum Gasteiger partial charge on any atom is -0.496 e. The lowest BCUT2D eigenvalue weighted by Gasteiger charge is -2.15. The Kier molecular flexibility index (Phi) is 2.97. The summed E-state index contributed by atoms with van der Waals surface area (Å²) in [5.74, 6) is 0.805. The molecule has 84 valence electrons. The van der Waals surface area contributed by atoms with Gasteiger partial charge in [-0.3, -0.25) is 0 Å². The van der Waals surface area contributed by atoms with Gasteiger partial charge in [-0.05, 0) is 19.1 Å². The summed E-state index contributed by atoms with van der Waals surface area (Å²) in [4.78, 5) is 0. The van der Waals surface area contributed by atoms with E-state index in [-0.39, 0.29) is 6.04 Å². The topological polar surface area (TPSA) is 48.4 Å². The molecule has 3 nitrogen and oxygen atoms in total. The molecule has 0 spiro atoms. The maximum absolute atomic E-state index is 6.17. The molecule has 1 unspecified atom stereocenters. The molecular weight excluding hydrogens is 202 g/mol. The Morgan fingerprint density at radius 1 is 1.31 bits per heavy atom. The zero-order valence-electron chi connectivity index (χ0n) is 9.44. The third-order valence-electron chi connectivity index (χ3n) is 2.62. The molecule has 0 aliphatic rings. The number of benzene rings is 1. The van der Waals surface area contributed by atoms with Crippen LogP contribution in [0, 0.1) is 6.92 Å². The van der Waals surface area contributed by atoms with E-state index in [2.05, 4.69) is 0 Å². The maximum atomic E-state index is 6.17. The summed E-state index contributed by atoms with van der Waals surface area (Å²) in [6.45, 7) is 2.03. The van der Waals surface area contributed by atoms with Gasteiger partial charge in [0.1, 0.15) is 5.75 Å². The summed E-state index contributed by atoms with van der Waals surface area (Å²) in [5.41, 5.74) is 9.25. The minimum absolute atomic E-state index is 0.214. The molecule has 2 aromatic rings. The lowest BCUT2D eigenvalue weighted by Crippen LogP contribution is -2.12. The van der Waals surface area contributed by atoms with Gasteiger partial charge in [-0.1, -0.05) is 17.7 Å². The summed E-state index contributed by atoms with van der Waals surface area (Å²) < 4.78 is 10.3. The summed E-state index contributed by atoms with van der Waals surface area (Å²) >= 11 is 0. The van der Waals surface area contributed by atoms with E-state index in [1.807, 2.05) is 31.2 Å². The molecule has 0 radical (unpaired) electrons. The monoisotopic (exact) mass is 217 g/mol. The quantitative estimate of drug-likeness (QED) is 0.859. The second-order valence-corrected chi connectivity index (χ2v) is 3.78. The van der Waals surface area contributed by atoms with E-state index in [1.165, 1.54) is 0 Å². The highest BCUT2D eigenvalue weighted by Gasteiger charge is 2.14. The van der Waals surface area contributed by atoms with Crippen molar-refractivity contribution in [3.8, 4) is 5.75 Å². The number of aryl methyl sites for hydroxylation is 1. The molecule has 1 aromatic carbocycles. The van der Waals surface area contributed by atoms with Crippen LogP contribution in [0.15, 0.2) is 41.2 Å². The van der Waals surface area contributed by atoms with Crippen LogP contribution in [-0.4, -0.2) is 7.11 Å². The van der Waals surface area contributed by atoms with Gasteiger partial charge >= 0.3 is 0 Å². The van der Waals surface area contributed by atoms with E-state index < -0.39 is 0 Å². The van der Waals surface area contributed by atoms with Crippen molar-refractivity contribution in [2.45, 2.75) is 13.0 Å². The zero-order chi connectivity index (χ0) is 11.5. The Bertz CT molecular complexity index is 463. The van der Waals surface area contributed by atoms with Crippen molar-refractivity contribution in [2.24, 2.45) is 5.73 Å². The average molecular weight is 217 g/mol. The molecule has 0 saturated carbocycles. The Morgan fingerprint density at radius 3 is 2.75 bits per heavy atom. The standard InChI is InChI=1S/C13H15NO2/c1-9-3-4-12(15-2)11(7-9)13(14)10-5-6-16-8-10/h3-8,13H,14H2,1-2H3. The normalized spacial score (nSPS) is 12.4. The molecule has 0 aliphatic carbocycles. The molecule has 1 heterocycles. The highest BCUT2D eigenvalue weighted by Crippen LogP contribution is 2.29. The van der Waals surface area contributed by atoms with Crippen molar-refractivity contribution < 1.29 is 9.15 Å². The van der Waals surface area contributed by atoms with Gasteiger partial charge in [0, 0.05) is 11.1 Å². The number of nitrogens with two attached hydrogens (primary N) is 1. The van der Waals surface area contributed by atoms with Crippen molar-refractivity contribution >= 4 is 0 Å². The highest BCUT2D eigenvalue weighted by molar-refractivity contribution is 5.42. The molecule has 0 aliphatic heterocycles. The van der Waals surface area contributed by atoms with Crippen molar-refractivity contribution in [1.29, 1.82) is 0 Å². The Hall–Kier alpha value is -1.74. The second-order valence-electron chi connectivity index (χ2n) is 3.78. The first-order valence-corrected chi connectivity index (χ1v) is 5.14. The second kappa shape index (κ2) is 4.41. The van der Waals surface area contributed by atoms with Crippen LogP contribution in [0.1, 0.15) is 22.7 Å². The molecule has 1 atom stereocenters. The third-order valence-corrected chi connectivity index (χ3v) is 2.62. The maximum Gasteiger partial charge on any atom is 0.123 e. The van der Waals surface area contributed by atoms with Crippen LogP contribution < -0.4 is 10.5 Å². The van der Waals surface area contributed by atoms with Crippen molar-refractivity contribution in [3.05, 3.63) is 53.5 Å². The van der Waals surface area contributed by atoms with Gasteiger partial charge in [-0.2, -0.15) is 0 Å². The van der Waals surface area contributed by atoms with Crippen LogP contribution in [0.25, 0.3) is 0 Å². The summed E-state index contributed by atoms with van der Waals surface area (Å²) in [7, 11) is 1.65. The predicted octanol–water partition coefficient (Wildman–Crippen LogP) is 2.64. The largest absolute Gasteiger partial charge is 0.496 e. The smallest absolute Gasteiger partial charge is 0.123 e. The van der Waals surface area contributed by atoms with Crippen LogP contribution in [0.2, 0.25) is 0 Å².